The molecule has 31 heavy (non-hydrogen) atoms. The Labute approximate surface area is 200 Å². The van der Waals surface area contributed by atoms with Gasteiger partial charge in [-0.2, -0.15) is 0 Å². The van der Waals surface area contributed by atoms with Crippen LogP contribution in [0.4, 0.5) is 8.78 Å². The van der Waals surface area contributed by atoms with Gasteiger partial charge < -0.3 is 15.7 Å². The van der Waals surface area contributed by atoms with Crippen molar-refractivity contribution in [2.45, 2.75) is 38.8 Å². The highest BCUT2D eigenvalue weighted by Gasteiger charge is 2.20. The van der Waals surface area contributed by atoms with Crippen LogP contribution in [0.3, 0.4) is 0 Å². The summed E-state index contributed by atoms with van der Waals surface area (Å²) in [6, 6.07) is 11.7. The predicted molar refractivity (Wildman–Crippen MR) is 131 cm³/mol. The molecule has 0 radical (unpaired) electrons. The Hall–Kier alpha value is -1.94. The van der Waals surface area contributed by atoms with Crippen molar-refractivity contribution < 1.29 is 13.9 Å². The van der Waals surface area contributed by atoms with Crippen molar-refractivity contribution in [3.05, 3.63) is 65.2 Å². The van der Waals surface area contributed by atoms with E-state index in [0.29, 0.717) is 19.1 Å². The highest BCUT2D eigenvalue weighted by atomic mass is 127. The van der Waals surface area contributed by atoms with E-state index in [2.05, 4.69) is 20.5 Å². The zero-order valence-electron chi connectivity index (χ0n) is 17.8. The lowest BCUT2D eigenvalue weighted by Gasteiger charge is -2.33. The molecule has 170 valence electrons. The van der Waals surface area contributed by atoms with Crippen molar-refractivity contribution >= 4 is 29.9 Å². The van der Waals surface area contributed by atoms with E-state index in [1.807, 2.05) is 19.1 Å². The van der Waals surface area contributed by atoms with Gasteiger partial charge in [0.15, 0.2) is 17.6 Å². The van der Waals surface area contributed by atoms with Crippen LogP contribution < -0.4 is 10.6 Å². The van der Waals surface area contributed by atoms with Crippen LogP contribution in [0.1, 0.15) is 30.9 Å². The second-order valence-electron chi connectivity index (χ2n) is 7.62. The molecule has 0 aliphatic carbocycles. The normalized spacial score (nSPS) is 15.4. The average Bonchev–Trinajstić information content (AvgIpc) is 2.72. The first kappa shape index (κ1) is 25.3. The van der Waals surface area contributed by atoms with Crippen molar-refractivity contribution in [2.24, 2.45) is 4.99 Å². The minimum atomic E-state index is -0.805. The Morgan fingerprint density at radius 2 is 1.87 bits per heavy atom. The molecule has 8 heteroatoms. The summed E-state index contributed by atoms with van der Waals surface area (Å²) in [5.74, 6) is -0.518. The molecule has 0 atom stereocenters. The molecule has 2 aromatic carbocycles. The van der Waals surface area contributed by atoms with Gasteiger partial charge in [-0.25, -0.2) is 8.78 Å². The highest BCUT2D eigenvalue weighted by molar-refractivity contribution is 14.0. The molecular formula is C23H31F2IN4O. The molecule has 2 aromatic rings. The van der Waals surface area contributed by atoms with Crippen LogP contribution in [0.15, 0.2) is 47.5 Å². The summed E-state index contributed by atoms with van der Waals surface area (Å²) in [4.78, 5) is 6.92. The van der Waals surface area contributed by atoms with Crippen LogP contribution in [0.2, 0.25) is 0 Å². The zero-order valence-corrected chi connectivity index (χ0v) is 20.1. The summed E-state index contributed by atoms with van der Waals surface area (Å²) in [6.07, 6.45) is 2.68. The molecule has 1 heterocycles. The Bertz CT molecular complexity index is 857. The summed E-state index contributed by atoms with van der Waals surface area (Å²) < 4.78 is 26.5. The molecule has 0 unspecified atom stereocenters. The fourth-order valence-electron chi connectivity index (χ4n) is 3.65. The number of nitrogens with one attached hydrogen (secondary N) is 2. The molecule has 1 fully saturated rings. The van der Waals surface area contributed by atoms with Crippen LogP contribution in [0.5, 0.6) is 5.75 Å². The number of hydrogen-bond donors (Lipinski definition) is 3. The molecule has 1 aliphatic heterocycles. The van der Waals surface area contributed by atoms with Gasteiger partial charge in [0.25, 0.3) is 0 Å². The van der Waals surface area contributed by atoms with Gasteiger partial charge in [0.2, 0.25) is 0 Å². The van der Waals surface area contributed by atoms with Crippen LogP contribution in [0.25, 0.3) is 0 Å². The van der Waals surface area contributed by atoms with Crippen LogP contribution in [-0.4, -0.2) is 48.2 Å². The van der Waals surface area contributed by atoms with Gasteiger partial charge in [0.1, 0.15) is 5.75 Å². The summed E-state index contributed by atoms with van der Waals surface area (Å²) in [7, 11) is 0. The molecule has 1 aliphatic rings. The number of nitrogens with zero attached hydrogens (tertiary/aromatic N) is 2. The van der Waals surface area contributed by atoms with E-state index in [-0.39, 0.29) is 29.7 Å². The number of phenolic OH excluding ortho intramolecular Hbond substituents is 1. The van der Waals surface area contributed by atoms with Crippen LogP contribution >= 0.6 is 24.0 Å². The molecular weight excluding hydrogens is 513 g/mol. The largest absolute Gasteiger partial charge is 0.508 e. The lowest BCUT2D eigenvalue weighted by molar-refractivity contribution is 0.198. The van der Waals surface area contributed by atoms with Gasteiger partial charge in [-0.1, -0.05) is 18.2 Å². The maximum Gasteiger partial charge on any atom is 0.191 e. The molecule has 0 bridgehead atoms. The highest BCUT2D eigenvalue weighted by Crippen LogP contribution is 2.16. The second-order valence-corrected chi connectivity index (χ2v) is 7.62. The zero-order chi connectivity index (χ0) is 21.3. The van der Waals surface area contributed by atoms with Gasteiger partial charge in [0.05, 0.1) is 0 Å². The first-order valence-corrected chi connectivity index (χ1v) is 10.5. The van der Waals surface area contributed by atoms with E-state index >= 15 is 0 Å². The fourth-order valence-corrected chi connectivity index (χ4v) is 3.65. The molecule has 0 saturated carbocycles. The molecule has 5 nitrogen and oxygen atoms in total. The fraction of sp³-hybridized carbons (Fsp3) is 0.435. The Morgan fingerprint density at radius 3 is 2.55 bits per heavy atom. The maximum atomic E-state index is 13.4. The van der Waals surface area contributed by atoms with E-state index < -0.39 is 11.6 Å². The molecule has 0 aromatic heterocycles. The third-order valence-corrected chi connectivity index (χ3v) is 5.24. The van der Waals surface area contributed by atoms with Crippen LogP contribution in [0, 0.1) is 11.6 Å². The minimum absolute atomic E-state index is 0. The van der Waals surface area contributed by atoms with Crippen LogP contribution in [-0.2, 0) is 13.0 Å². The van der Waals surface area contributed by atoms with Crippen molar-refractivity contribution in [1.29, 1.82) is 0 Å². The lowest BCUT2D eigenvalue weighted by atomic mass is 10.0. The molecule has 3 rings (SSSR count). The predicted octanol–water partition coefficient (Wildman–Crippen LogP) is 4.05. The molecule has 3 N–H and O–H groups in total. The Morgan fingerprint density at radius 1 is 1.10 bits per heavy atom. The number of phenols is 1. The number of guanidine groups is 1. The van der Waals surface area contributed by atoms with Gasteiger partial charge >= 0.3 is 0 Å². The second kappa shape index (κ2) is 12.8. The molecule has 1 saturated heterocycles. The lowest BCUT2D eigenvalue weighted by Crippen LogP contribution is -2.48. The standard InChI is InChI=1S/C23H30F2N4O.HI/c1-2-26-23(27-11-8-17-4-3-5-20(30)14-17)28-19-9-12-29(13-10-19)16-18-6-7-21(24)22(25)15-18;/h3-7,14-15,19,30H,2,8-13,16H2,1H3,(H2,26,27,28);1H. The van der Waals surface area contributed by atoms with Crippen molar-refractivity contribution in [2.75, 3.05) is 26.2 Å². The maximum absolute atomic E-state index is 13.4. The SMILES string of the molecule is CCNC(=NCCc1cccc(O)c1)NC1CCN(Cc2ccc(F)c(F)c2)CC1.I. The number of rotatable bonds is 7. The van der Waals surface area contributed by atoms with E-state index in [9.17, 15) is 13.9 Å². The van der Waals surface area contributed by atoms with Crippen molar-refractivity contribution in [1.82, 2.24) is 15.5 Å². The Balaban J connectivity index is 0.00000341. The number of aromatic hydroxyl groups is 1. The number of halogens is 3. The van der Waals surface area contributed by atoms with E-state index in [1.165, 1.54) is 12.1 Å². The van der Waals surface area contributed by atoms with Gasteiger partial charge in [0, 0.05) is 38.8 Å². The molecule has 0 amide bonds. The topological polar surface area (TPSA) is 59.9 Å². The summed E-state index contributed by atoms with van der Waals surface area (Å²) in [5, 5.41) is 16.4. The first-order chi connectivity index (χ1) is 14.5. The van der Waals surface area contributed by atoms with Crippen molar-refractivity contribution in [3.8, 4) is 5.75 Å². The van der Waals surface area contributed by atoms with Crippen molar-refractivity contribution in [3.63, 3.8) is 0 Å². The number of benzene rings is 2. The molecule has 0 spiro atoms. The average molecular weight is 544 g/mol. The number of aliphatic imine (C=N–C) groups is 1. The number of hydrogen-bond acceptors (Lipinski definition) is 3. The number of likely N-dealkylation sites (tertiary alicyclic amines) is 1. The summed E-state index contributed by atoms with van der Waals surface area (Å²) >= 11 is 0. The minimum Gasteiger partial charge on any atom is -0.508 e. The Kier molecular flexibility index (Phi) is 10.5. The number of piperidine rings is 1. The smallest absolute Gasteiger partial charge is 0.191 e. The monoisotopic (exact) mass is 544 g/mol. The quantitative estimate of drug-likeness (QED) is 0.280. The summed E-state index contributed by atoms with van der Waals surface area (Å²) in [6.45, 7) is 5.86. The first-order valence-electron chi connectivity index (χ1n) is 10.5. The van der Waals surface area contributed by atoms with Gasteiger partial charge in [-0.15, -0.1) is 24.0 Å². The van der Waals surface area contributed by atoms with Gasteiger partial charge in [-0.3, -0.25) is 9.89 Å². The van der Waals surface area contributed by atoms with Gasteiger partial charge in [-0.05, 0) is 61.6 Å². The van der Waals surface area contributed by atoms with E-state index in [4.69, 9.17) is 0 Å². The van der Waals surface area contributed by atoms with E-state index in [1.54, 1.807) is 18.2 Å². The summed E-state index contributed by atoms with van der Waals surface area (Å²) in [5.41, 5.74) is 1.85. The third-order valence-electron chi connectivity index (χ3n) is 5.24. The third kappa shape index (κ3) is 8.25. The van der Waals surface area contributed by atoms with E-state index in [0.717, 1.165) is 56.0 Å².